The molecule has 7 heteroatoms. The van der Waals surface area contributed by atoms with E-state index in [9.17, 15) is 14.3 Å². The minimum atomic E-state index is -0.773. The van der Waals surface area contributed by atoms with Gasteiger partial charge in [0, 0.05) is 56.2 Å². The molecule has 2 heterocycles. The first-order valence-corrected chi connectivity index (χ1v) is 13.9. The number of aliphatic carboxylic acids is 1. The molecule has 1 N–H and O–H groups in total. The van der Waals surface area contributed by atoms with Gasteiger partial charge in [-0.25, -0.2) is 4.39 Å². The van der Waals surface area contributed by atoms with Gasteiger partial charge in [0.2, 0.25) is 0 Å². The Morgan fingerprint density at radius 1 is 1.03 bits per heavy atom. The minimum Gasteiger partial charge on any atom is -0.494 e. The molecular formula is C32H37FN2O4. The van der Waals surface area contributed by atoms with E-state index in [0.717, 1.165) is 37.2 Å². The molecule has 3 aromatic rings. The molecule has 0 saturated carbocycles. The van der Waals surface area contributed by atoms with E-state index in [4.69, 9.17) is 9.47 Å². The van der Waals surface area contributed by atoms with Crippen LogP contribution in [0, 0.1) is 12.7 Å². The second kappa shape index (κ2) is 12.0. The van der Waals surface area contributed by atoms with Crippen molar-refractivity contribution in [2.24, 2.45) is 0 Å². The van der Waals surface area contributed by atoms with Gasteiger partial charge >= 0.3 is 5.97 Å². The van der Waals surface area contributed by atoms with Crippen molar-refractivity contribution in [1.82, 2.24) is 0 Å². The minimum absolute atomic E-state index is 0.0502. The van der Waals surface area contributed by atoms with Gasteiger partial charge in [0.25, 0.3) is 0 Å². The fraction of sp³-hybridized carbons (Fsp3) is 0.406. The number of rotatable bonds is 9. The van der Waals surface area contributed by atoms with Crippen molar-refractivity contribution in [3.63, 3.8) is 0 Å². The molecule has 2 aliphatic heterocycles. The number of hydrogen-bond donors (Lipinski definition) is 1. The van der Waals surface area contributed by atoms with Gasteiger partial charge in [0.1, 0.15) is 23.4 Å². The topological polar surface area (TPSA) is 62.2 Å². The molecule has 2 atom stereocenters. The maximum atomic E-state index is 14.5. The summed E-state index contributed by atoms with van der Waals surface area (Å²) >= 11 is 0. The molecule has 0 aliphatic carbocycles. The van der Waals surface area contributed by atoms with Crippen LogP contribution in [0.1, 0.15) is 49.7 Å². The Kier molecular flexibility index (Phi) is 8.24. The smallest absolute Gasteiger partial charge is 0.305 e. The van der Waals surface area contributed by atoms with Crippen LogP contribution in [0.25, 0.3) is 0 Å². The average Bonchev–Trinajstić information content (AvgIpc) is 3.34. The molecule has 39 heavy (non-hydrogen) atoms. The third kappa shape index (κ3) is 6.47. The lowest BCUT2D eigenvalue weighted by atomic mass is 9.94. The molecule has 5 rings (SSSR count). The summed E-state index contributed by atoms with van der Waals surface area (Å²) in [6.45, 7) is 6.76. The average molecular weight is 533 g/mol. The predicted octanol–water partition coefficient (Wildman–Crippen LogP) is 6.42. The fourth-order valence-electron chi connectivity index (χ4n) is 5.91. The number of anilines is 2. The Balaban J connectivity index is 1.20. The number of benzene rings is 3. The lowest BCUT2D eigenvalue weighted by molar-refractivity contribution is -0.137. The summed E-state index contributed by atoms with van der Waals surface area (Å²) in [7, 11) is 0. The predicted molar refractivity (Wildman–Crippen MR) is 152 cm³/mol. The number of aryl methyl sites for hydroxylation is 1. The Labute approximate surface area is 230 Å². The highest BCUT2D eigenvalue weighted by molar-refractivity contribution is 5.69. The van der Waals surface area contributed by atoms with E-state index in [-0.39, 0.29) is 24.4 Å². The van der Waals surface area contributed by atoms with Gasteiger partial charge in [-0.15, -0.1) is 0 Å². The molecule has 0 unspecified atom stereocenters. The maximum absolute atomic E-state index is 14.5. The number of piperidine rings is 1. The van der Waals surface area contributed by atoms with Crippen molar-refractivity contribution in [2.45, 2.75) is 57.6 Å². The van der Waals surface area contributed by atoms with E-state index in [2.05, 4.69) is 41.0 Å². The van der Waals surface area contributed by atoms with Crippen molar-refractivity contribution in [2.75, 3.05) is 36.0 Å². The SMILES string of the molecule is CCOc1ccc(F)c(N2CCC(Oc3ccc(N4C[C@H](c5cccc(C)c5)C[C@@H]4CC(=O)O)cc3)CC2)c1. The highest BCUT2D eigenvalue weighted by Crippen LogP contribution is 2.37. The number of nitrogens with zero attached hydrogens (tertiary/aromatic N) is 2. The highest BCUT2D eigenvalue weighted by atomic mass is 19.1. The van der Waals surface area contributed by atoms with Crippen molar-refractivity contribution < 1.29 is 23.8 Å². The van der Waals surface area contributed by atoms with Crippen LogP contribution in [0.15, 0.2) is 66.7 Å². The molecule has 0 aromatic heterocycles. The van der Waals surface area contributed by atoms with Crippen LogP contribution < -0.4 is 19.3 Å². The summed E-state index contributed by atoms with van der Waals surface area (Å²) in [6, 6.07) is 21.4. The molecule has 3 aromatic carbocycles. The summed E-state index contributed by atoms with van der Waals surface area (Å²) in [5.41, 5.74) is 4.08. The molecule has 0 bridgehead atoms. The molecule has 206 valence electrons. The number of hydrogen-bond acceptors (Lipinski definition) is 5. The summed E-state index contributed by atoms with van der Waals surface area (Å²) in [4.78, 5) is 15.9. The van der Waals surface area contributed by atoms with Crippen LogP contribution in [-0.4, -0.2) is 49.5 Å². The van der Waals surface area contributed by atoms with Gasteiger partial charge in [-0.2, -0.15) is 0 Å². The molecule has 2 fully saturated rings. The first-order chi connectivity index (χ1) is 18.9. The fourth-order valence-corrected chi connectivity index (χ4v) is 5.91. The highest BCUT2D eigenvalue weighted by Gasteiger charge is 2.34. The first-order valence-electron chi connectivity index (χ1n) is 13.9. The quantitative estimate of drug-likeness (QED) is 0.343. The van der Waals surface area contributed by atoms with Gasteiger partial charge in [0.05, 0.1) is 18.7 Å². The van der Waals surface area contributed by atoms with Crippen LogP contribution >= 0.6 is 0 Å². The van der Waals surface area contributed by atoms with E-state index < -0.39 is 5.97 Å². The Morgan fingerprint density at radius 2 is 1.77 bits per heavy atom. The zero-order chi connectivity index (χ0) is 27.4. The lowest BCUT2D eigenvalue weighted by Crippen LogP contribution is -2.38. The van der Waals surface area contributed by atoms with Gasteiger partial charge in [-0.05, 0) is 62.2 Å². The number of carboxylic acid groups (broad SMARTS) is 1. The second-order valence-corrected chi connectivity index (χ2v) is 10.6. The summed E-state index contributed by atoms with van der Waals surface area (Å²) in [5.74, 6) is 0.772. The number of carboxylic acids is 1. The Morgan fingerprint density at radius 3 is 2.46 bits per heavy atom. The monoisotopic (exact) mass is 532 g/mol. The molecule has 0 radical (unpaired) electrons. The number of ether oxygens (including phenoxy) is 2. The summed E-state index contributed by atoms with van der Waals surface area (Å²) < 4.78 is 26.3. The van der Waals surface area contributed by atoms with Crippen LogP contribution in [0.3, 0.4) is 0 Å². The van der Waals surface area contributed by atoms with E-state index in [0.29, 0.717) is 37.1 Å². The Bertz CT molecular complexity index is 1270. The van der Waals surface area contributed by atoms with E-state index >= 15 is 0 Å². The van der Waals surface area contributed by atoms with Crippen molar-refractivity contribution in [1.29, 1.82) is 0 Å². The van der Waals surface area contributed by atoms with E-state index in [1.807, 2.05) is 31.2 Å². The standard InChI is InChI=1S/C32H37FN2O4/c1-3-38-29-11-12-30(33)31(20-29)34-15-13-28(14-16-34)39-27-9-7-25(8-10-27)35-21-24(18-26(35)19-32(36)37)23-6-4-5-22(2)17-23/h4-12,17,20,24,26,28H,3,13-16,18-19,21H2,1-2H3,(H,36,37)/t24-,26-/m1/s1. The summed E-state index contributed by atoms with van der Waals surface area (Å²) in [6.07, 6.45) is 2.59. The molecular weight excluding hydrogens is 495 g/mol. The van der Waals surface area contributed by atoms with E-state index in [1.54, 1.807) is 12.1 Å². The largest absolute Gasteiger partial charge is 0.494 e. The van der Waals surface area contributed by atoms with Gasteiger partial charge in [-0.3, -0.25) is 4.79 Å². The maximum Gasteiger partial charge on any atom is 0.305 e. The zero-order valence-electron chi connectivity index (χ0n) is 22.7. The summed E-state index contributed by atoms with van der Waals surface area (Å²) in [5, 5.41) is 9.53. The molecule has 2 aliphatic rings. The third-order valence-electron chi connectivity index (χ3n) is 7.82. The Hall–Kier alpha value is -3.74. The van der Waals surface area contributed by atoms with Crippen LogP contribution in [0.4, 0.5) is 15.8 Å². The van der Waals surface area contributed by atoms with Crippen molar-refractivity contribution >= 4 is 17.3 Å². The second-order valence-electron chi connectivity index (χ2n) is 10.6. The zero-order valence-corrected chi connectivity index (χ0v) is 22.7. The molecule has 0 spiro atoms. The van der Waals surface area contributed by atoms with Crippen LogP contribution in [0.5, 0.6) is 11.5 Å². The van der Waals surface area contributed by atoms with Crippen LogP contribution in [0.2, 0.25) is 0 Å². The van der Waals surface area contributed by atoms with E-state index in [1.165, 1.54) is 17.2 Å². The first kappa shape index (κ1) is 26.9. The van der Waals surface area contributed by atoms with Gasteiger partial charge in [-0.1, -0.05) is 29.8 Å². The van der Waals surface area contributed by atoms with Gasteiger partial charge < -0.3 is 24.4 Å². The third-order valence-corrected chi connectivity index (χ3v) is 7.82. The molecule has 6 nitrogen and oxygen atoms in total. The number of halogens is 1. The van der Waals surface area contributed by atoms with Crippen molar-refractivity contribution in [3.8, 4) is 11.5 Å². The van der Waals surface area contributed by atoms with Crippen molar-refractivity contribution in [3.05, 3.63) is 83.7 Å². The normalized spacial score (nSPS) is 19.8. The molecule has 2 saturated heterocycles. The molecule has 0 amide bonds. The lowest BCUT2D eigenvalue weighted by Gasteiger charge is -2.34. The van der Waals surface area contributed by atoms with Gasteiger partial charge in [0.15, 0.2) is 0 Å². The van der Waals surface area contributed by atoms with Crippen LogP contribution in [-0.2, 0) is 4.79 Å². The number of carbonyl (C=O) groups is 1.